The quantitative estimate of drug-likeness (QED) is 0.865. The van der Waals surface area contributed by atoms with Gasteiger partial charge in [-0.15, -0.1) is 0 Å². The van der Waals surface area contributed by atoms with Crippen molar-refractivity contribution in [2.24, 2.45) is 0 Å². The molecule has 4 heteroatoms. The Balaban J connectivity index is 1.70. The Labute approximate surface area is 128 Å². The van der Waals surface area contributed by atoms with Crippen molar-refractivity contribution in [2.75, 3.05) is 6.54 Å². The van der Waals surface area contributed by atoms with Crippen molar-refractivity contribution in [3.63, 3.8) is 0 Å². The number of hydrogen-bond donors (Lipinski definition) is 1. The lowest BCUT2D eigenvalue weighted by Crippen LogP contribution is -2.25. The van der Waals surface area contributed by atoms with Gasteiger partial charge in [0.15, 0.2) is 0 Å². The summed E-state index contributed by atoms with van der Waals surface area (Å²) in [6.45, 7) is 0.549. The van der Waals surface area contributed by atoms with Crippen LogP contribution >= 0.6 is 11.6 Å². The summed E-state index contributed by atoms with van der Waals surface area (Å²) in [6.07, 6.45) is 1.73. The first kappa shape index (κ1) is 15.5. The van der Waals surface area contributed by atoms with Crippen LogP contribution in [0.4, 0.5) is 4.39 Å². The lowest BCUT2D eigenvalue weighted by Gasteiger charge is -2.06. The first-order chi connectivity index (χ1) is 10.1. The van der Waals surface area contributed by atoms with Gasteiger partial charge in [-0.1, -0.05) is 41.9 Å². The number of halogens is 2. The lowest BCUT2D eigenvalue weighted by atomic mass is 10.1. The van der Waals surface area contributed by atoms with E-state index >= 15 is 0 Å². The van der Waals surface area contributed by atoms with Crippen LogP contribution in [0, 0.1) is 5.82 Å². The summed E-state index contributed by atoms with van der Waals surface area (Å²) in [5.74, 6) is -0.250. The maximum absolute atomic E-state index is 12.8. The van der Waals surface area contributed by atoms with Gasteiger partial charge in [0.05, 0.1) is 0 Å². The van der Waals surface area contributed by atoms with Gasteiger partial charge in [-0.2, -0.15) is 0 Å². The molecule has 2 aromatic rings. The number of rotatable bonds is 6. The van der Waals surface area contributed by atoms with E-state index in [2.05, 4.69) is 5.32 Å². The summed E-state index contributed by atoms with van der Waals surface area (Å²) in [4.78, 5) is 11.8. The number of nitrogens with one attached hydrogen (secondary N) is 1. The van der Waals surface area contributed by atoms with E-state index in [9.17, 15) is 9.18 Å². The Bertz CT molecular complexity index is 598. The zero-order valence-corrected chi connectivity index (χ0v) is 12.4. The first-order valence-electron chi connectivity index (χ1n) is 6.90. The molecular formula is C17H17ClFNO. The van der Waals surface area contributed by atoms with Crippen LogP contribution in [0.15, 0.2) is 48.5 Å². The molecule has 0 bridgehead atoms. The van der Waals surface area contributed by atoms with Gasteiger partial charge in [0, 0.05) is 18.0 Å². The molecule has 21 heavy (non-hydrogen) atoms. The Morgan fingerprint density at radius 1 is 1.05 bits per heavy atom. The van der Waals surface area contributed by atoms with Crippen LogP contribution in [0.2, 0.25) is 5.02 Å². The Kier molecular flexibility index (Phi) is 5.76. The van der Waals surface area contributed by atoms with Crippen LogP contribution < -0.4 is 5.32 Å². The van der Waals surface area contributed by atoms with Crippen LogP contribution in [-0.2, 0) is 17.6 Å². The van der Waals surface area contributed by atoms with Gasteiger partial charge in [-0.3, -0.25) is 4.79 Å². The molecule has 0 heterocycles. The lowest BCUT2D eigenvalue weighted by molar-refractivity contribution is -0.121. The molecule has 110 valence electrons. The minimum Gasteiger partial charge on any atom is -0.356 e. The predicted molar refractivity (Wildman–Crippen MR) is 82.9 cm³/mol. The van der Waals surface area contributed by atoms with Gasteiger partial charge in [0.25, 0.3) is 0 Å². The monoisotopic (exact) mass is 305 g/mol. The van der Waals surface area contributed by atoms with Crippen molar-refractivity contribution >= 4 is 17.5 Å². The maximum atomic E-state index is 12.8. The smallest absolute Gasteiger partial charge is 0.220 e. The van der Waals surface area contributed by atoms with Crippen molar-refractivity contribution in [3.05, 3.63) is 70.5 Å². The number of benzene rings is 2. The molecule has 0 spiro atoms. The second kappa shape index (κ2) is 7.79. The molecule has 0 aromatic heterocycles. The van der Waals surface area contributed by atoms with Crippen LogP contribution in [-0.4, -0.2) is 12.5 Å². The summed E-state index contributed by atoms with van der Waals surface area (Å²) in [6, 6.07) is 13.8. The van der Waals surface area contributed by atoms with E-state index in [1.165, 1.54) is 12.1 Å². The molecule has 0 aliphatic rings. The molecule has 2 aromatic carbocycles. The minimum absolute atomic E-state index is 0.00275. The molecule has 0 saturated heterocycles. The van der Waals surface area contributed by atoms with E-state index in [0.717, 1.165) is 11.1 Å². The minimum atomic E-state index is -0.248. The predicted octanol–water partition coefficient (Wildman–Crippen LogP) is 3.77. The normalized spacial score (nSPS) is 10.4. The highest BCUT2D eigenvalue weighted by Gasteiger charge is 2.04. The molecule has 0 aliphatic heterocycles. The first-order valence-corrected chi connectivity index (χ1v) is 7.27. The van der Waals surface area contributed by atoms with E-state index in [0.29, 0.717) is 30.8 Å². The van der Waals surface area contributed by atoms with Crippen LogP contribution in [0.5, 0.6) is 0 Å². The topological polar surface area (TPSA) is 29.1 Å². The number of carbonyl (C=O) groups is 1. The van der Waals surface area contributed by atoms with Gasteiger partial charge in [-0.05, 0) is 42.2 Å². The van der Waals surface area contributed by atoms with E-state index in [-0.39, 0.29) is 11.7 Å². The molecule has 0 unspecified atom stereocenters. The average molecular weight is 306 g/mol. The Morgan fingerprint density at radius 3 is 2.48 bits per heavy atom. The van der Waals surface area contributed by atoms with Crippen molar-refractivity contribution in [1.82, 2.24) is 5.32 Å². The zero-order chi connectivity index (χ0) is 15.1. The highest BCUT2D eigenvalue weighted by Crippen LogP contribution is 2.16. The van der Waals surface area contributed by atoms with Gasteiger partial charge in [0.2, 0.25) is 5.91 Å². The Hall–Kier alpha value is -1.87. The van der Waals surface area contributed by atoms with Gasteiger partial charge in [0.1, 0.15) is 5.82 Å². The second-order valence-corrected chi connectivity index (χ2v) is 5.23. The summed E-state index contributed by atoms with van der Waals surface area (Å²) >= 11 is 6.04. The summed E-state index contributed by atoms with van der Waals surface area (Å²) in [5, 5.41) is 3.55. The SMILES string of the molecule is O=C(CCc1ccccc1Cl)NCCc1ccc(F)cc1. The molecular weight excluding hydrogens is 289 g/mol. The largest absolute Gasteiger partial charge is 0.356 e. The Morgan fingerprint density at radius 2 is 1.76 bits per heavy atom. The zero-order valence-electron chi connectivity index (χ0n) is 11.6. The molecule has 0 atom stereocenters. The fraction of sp³-hybridized carbons (Fsp3) is 0.235. The fourth-order valence-electron chi connectivity index (χ4n) is 2.04. The fourth-order valence-corrected chi connectivity index (χ4v) is 2.27. The van der Waals surface area contributed by atoms with Crippen LogP contribution in [0.3, 0.4) is 0 Å². The number of carbonyl (C=O) groups excluding carboxylic acids is 1. The van der Waals surface area contributed by atoms with Gasteiger partial charge in [-0.25, -0.2) is 4.39 Å². The van der Waals surface area contributed by atoms with Crippen molar-refractivity contribution in [3.8, 4) is 0 Å². The standard InChI is InChI=1S/C17H17ClFNO/c18-16-4-2-1-3-14(16)7-10-17(21)20-12-11-13-5-8-15(19)9-6-13/h1-6,8-9H,7,10-12H2,(H,20,21). The summed E-state index contributed by atoms with van der Waals surface area (Å²) in [5.41, 5.74) is 1.98. The third-order valence-corrected chi connectivity index (χ3v) is 3.60. The molecule has 2 nitrogen and oxygen atoms in total. The van der Waals surface area contributed by atoms with Crippen molar-refractivity contribution in [1.29, 1.82) is 0 Å². The molecule has 0 aliphatic carbocycles. The highest BCUT2D eigenvalue weighted by atomic mass is 35.5. The van der Waals surface area contributed by atoms with Crippen LogP contribution in [0.25, 0.3) is 0 Å². The van der Waals surface area contributed by atoms with E-state index in [1.807, 2.05) is 24.3 Å². The molecule has 2 rings (SSSR count). The van der Waals surface area contributed by atoms with E-state index in [4.69, 9.17) is 11.6 Å². The third kappa shape index (κ3) is 5.20. The third-order valence-electron chi connectivity index (χ3n) is 3.23. The molecule has 1 amide bonds. The van der Waals surface area contributed by atoms with E-state index in [1.54, 1.807) is 12.1 Å². The number of aryl methyl sites for hydroxylation is 1. The second-order valence-electron chi connectivity index (χ2n) is 4.82. The molecule has 0 saturated carbocycles. The van der Waals surface area contributed by atoms with Crippen molar-refractivity contribution in [2.45, 2.75) is 19.3 Å². The van der Waals surface area contributed by atoms with Gasteiger partial charge < -0.3 is 5.32 Å². The number of amides is 1. The molecule has 0 fully saturated rings. The maximum Gasteiger partial charge on any atom is 0.220 e. The average Bonchev–Trinajstić information content (AvgIpc) is 2.48. The summed E-state index contributed by atoms with van der Waals surface area (Å²) < 4.78 is 12.8. The summed E-state index contributed by atoms with van der Waals surface area (Å²) in [7, 11) is 0. The van der Waals surface area contributed by atoms with Gasteiger partial charge >= 0.3 is 0 Å². The highest BCUT2D eigenvalue weighted by molar-refractivity contribution is 6.31. The molecule has 0 radical (unpaired) electrons. The van der Waals surface area contributed by atoms with E-state index < -0.39 is 0 Å². The van der Waals surface area contributed by atoms with Crippen molar-refractivity contribution < 1.29 is 9.18 Å². The van der Waals surface area contributed by atoms with Crippen LogP contribution in [0.1, 0.15) is 17.5 Å². The number of hydrogen-bond acceptors (Lipinski definition) is 1. The molecule has 1 N–H and O–H groups in total.